The van der Waals surface area contributed by atoms with Crippen LogP contribution < -0.4 is 0 Å². The molecule has 0 amide bonds. The highest BCUT2D eigenvalue weighted by Crippen LogP contribution is 2.28. The van der Waals surface area contributed by atoms with E-state index in [4.69, 9.17) is 0 Å². The third kappa shape index (κ3) is 1.99. The van der Waals surface area contributed by atoms with E-state index >= 15 is 0 Å². The quantitative estimate of drug-likeness (QED) is 0.525. The number of benzene rings is 2. The van der Waals surface area contributed by atoms with Crippen LogP contribution in [0, 0.1) is 17.0 Å². The molecular weight excluding hydrogens is 254 g/mol. The molecule has 0 saturated heterocycles. The monoisotopic (exact) mass is 265 g/mol. The second-order valence-corrected chi connectivity index (χ2v) is 4.42. The first-order valence-electron chi connectivity index (χ1n) is 6.14. The number of fused-ring (bicyclic) bond motifs is 1. The van der Waals surface area contributed by atoms with Crippen LogP contribution in [0.5, 0.6) is 0 Å². The van der Waals surface area contributed by atoms with E-state index in [2.05, 4.69) is 9.97 Å². The lowest BCUT2D eigenvalue weighted by atomic mass is 10.1. The van der Waals surface area contributed by atoms with Crippen molar-refractivity contribution in [2.75, 3.05) is 0 Å². The normalized spacial score (nSPS) is 10.7. The van der Waals surface area contributed by atoms with Gasteiger partial charge in [0.2, 0.25) is 0 Å². The van der Waals surface area contributed by atoms with Crippen LogP contribution in [0.1, 0.15) is 5.69 Å². The topological polar surface area (TPSA) is 68.9 Å². The average molecular weight is 265 g/mol. The molecule has 0 saturated carbocycles. The summed E-state index contributed by atoms with van der Waals surface area (Å²) < 4.78 is 0. The Morgan fingerprint density at radius 3 is 2.50 bits per heavy atom. The van der Waals surface area contributed by atoms with Gasteiger partial charge in [-0.2, -0.15) is 0 Å². The van der Waals surface area contributed by atoms with Gasteiger partial charge in [0.1, 0.15) is 0 Å². The average Bonchev–Trinajstić information content (AvgIpc) is 2.47. The molecule has 1 aromatic heterocycles. The van der Waals surface area contributed by atoms with Crippen molar-refractivity contribution in [3.05, 3.63) is 64.3 Å². The third-order valence-corrected chi connectivity index (χ3v) is 3.14. The third-order valence-electron chi connectivity index (χ3n) is 3.14. The number of para-hydroxylation sites is 2. The molecule has 20 heavy (non-hydrogen) atoms. The molecule has 0 unspecified atom stereocenters. The molecule has 5 heteroatoms. The second-order valence-electron chi connectivity index (χ2n) is 4.42. The van der Waals surface area contributed by atoms with Gasteiger partial charge in [-0.15, -0.1) is 0 Å². The Hall–Kier alpha value is -2.82. The van der Waals surface area contributed by atoms with E-state index in [-0.39, 0.29) is 5.69 Å². The summed E-state index contributed by atoms with van der Waals surface area (Å²) >= 11 is 0. The van der Waals surface area contributed by atoms with Gasteiger partial charge in [0.05, 0.1) is 16.0 Å². The first-order valence-corrected chi connectivity index (χ1v) is 6.14. The van der Waals surface area contributed by atoms with Crippen molar-refractivity contribution in [3.63, 3.8) is 0 Å². The summed E-state index contributed by atoms with van der Waals surface area (Å²) in [6, 6.07) is 14.1. The van der Waals surface area contributed by atoms with Crippen LogP contribution in [0.15, 0.2) is 48.5 Å². The fraction of sp³-hybridized carbons (Fsp3) is 0.0667. The maximum atomic E-state index is 11.1. The van der Waals surface area contributed by atoms with Gasteiger partial charge in [-0.3, -0.25) is 10.1 Å². The van der Waals surface area contributed by atoms with Gasteiger partial charge in [0.15, 0.2) is 5.82 Å². The molecule has 0 fully saturated rings. The lowest BCUT2D eigenvalue weighted by molar-refractivity contribution is -0.384. The summed E-state index contributed by atoms with van der Waals surface area (Å²) in [5.41, 5.74) is 2.05. The standard InChI is InChI=1S/C15H11N3O2/c1-10-11-6-2-4-8-13(11)17-15(16-10)12-7-3-5-9-14(12)18(19)20/h2-9H,1H3. The van der Waals surface area contributed by atoms with Gasteiger partial charge in [-0.25, -0.2) is 9.97 Å². The Morgan fingerprint density at radius 2 is 1.70 bits per heavy atom. The van der Waals surface area contributed by atoms with Crippen LogP contribution in [0.3, 0.4) is 0 Å². The van der Waals surface area contributed by atoms with E-state index in [1.54, 1.807) is 18.2 Å². The van der Waals surface area contributed by atoms with Crippen molar-refractivity contribution in [3.8, 4) is 11.4 Å². The minimum atomic E-state index is -0.413. The number of aryl methyl sites for hydroxylation is 1. The number of aromatic nitrogens is 2. The Kier molecular flexibility index (Phi) is 2.87. The zero-order valence-electron chi connectivity index (χ0n) is 10.8. The molecular formula is C15H11N3O2. The Bertz CT molecular complexity index is 815. The van der Waals surface area contributed by atoms with E-state index in [9.17, 15) is 10.1 Å². The largest absolute Gasteiger partial charge is 0.280 e. The van der Waals surface area contributed by atoms with Crippen molar-refractivity contribution in [2.24, 2.45) is 0 Å². The SMILES string of the molecule is Cc1nc(-c2ccccc2[N+](=O)[O-])nc2ccccc12. The zero-order valence-corrected chi connectivity index (χ0v) is 10.8. The number of nitro groups is 1. The van der Waals surface area contributed by atoms with Crippen LogP contribution in [0.25, 0.3) is 22.3 Å². The number of nitro benzene ring substituents is 1. The van der Waals surface area contributed by atoms with Crippen LogP contribution in [0.2, 0.25) is 0 Å². The highest BCUT2D eigenvalue weighted by Gasteiger charge is 2.17. The second kappa shape index (κ2) is 4.70. The molecule has 0 aliphatic carbocycles. The van der Waals surface area contributed by atoms with E-state index in [1.807, 2.05) is 31.2 Å². The van der Waals surface area contributed by atoms with Gasteiger partial charge in [-0.05, 0) is 19.1 Å². The summed E-state index contributed by atoms with van der Waals surface area (Å²) in [7, 11) is 0. The summed E-state index contributed by atoms with van der Waals surface area (Å²) in [6.07, 6.45) is 0. The minimum absolute atomic E-state index is 0.0159. The lowest BCUT2D eigenvalue weighted by Crippen LogP contribution is -1.97. The van der Waals surface area contributed by atoms with Crippen molar-refractivity contribution in [1.29, 1.82) is 0 Å². The smallest absolute Gasteiger partial charge is 0.258 e. The Balaban J connectivity index is 2.28. The van der Waals surface area contributed by atoms with Gasteiger partial charge in [0.25, 0.3) is 5.69 Å². The van der Waals surface area contributed by atoms with Gasteiger partial charge in [-0.1, -0.05) is 30.3 Å². The zero-order chi connectivity index (χ0) is 14.1. The van der Waals surface area contributed by atoms with Crippen LogP contribution in [-0.2, 0) is 0 Å². The molecule has 0 aliphatic rings. The summed E-state index contributed by atoms with van der Waals surface area (Å²) in [6.45, 7) is 1.88. The van der Waals surface area contributed by atoms with Gasteiger partial charge >= 0.3 is 0 Å². The summed E-state index contributed by atoms with van der Waals surface area (Å²) in [4.78, 5) is 19.5. The predicted octanol–water partition coefficient (Wildman–Crippen LogP) is 3.51. The van der Waals surface area contributed by atoms with Crippen molar-refractivity contribution < 1.29 is 4.92 Å². The van der Waals surface area contributed by atoms with E-state index < -0.39 is 4.92 Å². The van der Waals surface area contributed by atoms with E-state index in [0.717, 1.165) is 16.6 Å². The van der Waals surface area contributed by atoms with Crippen LogP contribution in [0.4, 0.5) is 5.69 Å². The first kappa shape index (κ1) is 12.2. The number of hydrogen-bond donors (Lipinski definition) is 0. The lowest BCUT2D eigenvalue weighted by Gasteiger charge is -2.06. The Labute approximate surface area is 115 Å². The summed E-state index contributed by atoms with van der Waals surface area (Å²) in [5, 5.41) is 12.0. The molecule has 0 radical (unpaired) electrons. The molecule has 98 valence electrons. The molecule has 0 bridgehead atoms. The predicted molar refractivity (Wildman–Crippen MR) is 76.4 cm³/mol. The molecule has 2 aromatic carbocycles. The molecule has 0 atom stereocenters. The van der Waals surface area contributed by atoms with Gasteiger partial charge < -0.3 is 0 Å². The van der Waals surface area contributed by atoms with Crippen LogP contribution >= 0.6 is 0 Å². The summed E-state index contributed by atoms with van der Waals surface area (Å²) in [5.74, 6) is 0.383. The van der Waals surface area contributed by atoms with Crippen molar-refractivity contribution in [1.82, 2.24) is 9.97 Å². The van der Waals surface area contributed by atoms with Crippen molar-refractivity contribution >= 4 is 16.6 Å². The molecule has 5 nitrogen and oxygen atoms in total. The highest BCUT2D eigenvalue weighted by molar-refractivity contribution is 5.83. The van der Waals surface area contributed by atoms with Crippen molar-refractivity contribution in [2.45, 2.75) is 6.92 Å². The first-order chi connectivity index (χ1) is 9.66. The number of nitrogens with zero attached hydrogens (tertiary/aromatic N) is 3. The highest BCUT2D eigenvalue weighted by atomic mass is 16.6. The maximum absolute atomic E-state index is 11.1. The van der Waals surface area contributed by atoms with E-state index in [0.29, 0.717) is 11.4 Å². The molecule has 0 spiro atoms. The van der Waals surface area contributed by atoms with Gasteiger partial charge in [0, 0.05) is 17.1 Å². The van der Waals surface area contributed by atoms with Crippen LogP contribution in [-0.4, -0.2) is 14.9 Å². The van der Waals surface area contributed by atoms with E-state index in [1.165, 1.54) is 6.07 Å². The number of rotatable bonds is 2. The Morgan fingerprint density at radius 1 is 1.00 bits per heavy atom. The molecule has 0 aliphatic heterocycles. The minimum Gasteiger partial charge on any atom is -0.258 e. The number of hydrogen-bond acceptors (Lipinski definition) is 4. The molecule has 0 N–H and O–H groups in total. The molecule has 1 heterocycles. The maximum Gasteiger partial charge on any atom is 0.280 e. The molecule has 3 aromatic rings. The fourth-order valence-corrected chi connectivity index (χ4v) is 2.18. The fourth-order valence-electron chi connectivity index (χ4n) is 2.18. The molecule has 3 rings (SSSR count).